The van der Waals surface area contributed by atoms with Gasteiger partial charge in [-0.3, -0.25) is 9.69 Å². The lowest BCUT2D eigenvalue weighted by atomic mass is 10.1. The van der Waals surface area contributed by atoms with Crippen molar-refractivity contribution in [2.75, 3.05) is 26.2 Å². The molecule has 3 rings (SSSR count). The lowest BCUT2D eigenvalue weighted by Crippen LogP contribution is -2.38. The van der Waals surface area contributed by atoms with Crippen molar-refractivity contribution in [3.8, 4) is 0 Å². The second-order valence-corrected chi connectivity index (χ2v) is 7.07. The minimum Gasteiger partial charge on any atom is -0.390 e. The predicted molar refractivity (Wildman–Crippen MR) is 104 cm³/mol. The minimum atomic E-state index is -0.507. The molecule has 0 bridgehead atoms. The van der Waals surface area contributed by atoms with Crippen LogP contribution in [0.4, 0.5) is 0 Å². The number of amides is 1. The molecule has 4 heteroatoms. The van der Waals surface area contributed by atoms with Gasteiger partial charge in [0.1, 0.15) is 0 Å². The van der Waals surface area contributed by atoms with Gasteiger partial charge in [-0.15, -0.1) is 0 Å². The summed E-state index contributed by atoms with van der Waals surface area (Å²) in [7, 11) is 0. The molecule has 1 atom stereocenters. The highest BCUT2D eigenvalue weighted by molar-refractivity contribution is 5.78. The van der Waals surface area contributed by atoms with Crippen LogP contribution in [0, 0.1) is 0 Å². The lowest BCUT2D eigenvalue weighted by molar-refractivity contribution is -0.131. The number of hydrogen-bond donors (Lipinski definition) is 1. The molecule has 138 valence electrons. The first kappa shape index (κ1) is 18.6. The van der Waals surface area contributed by atoms with E-state index in [-0.39, 0.29) is 5.91 Å². The summed E-state index contributed by atoms with van der Waals surface area (Å²) in [6.45, 7) is 4.79. The smallest absolute Gasteiger partial charge is 0.236 e. The van der Waals surface area contributed by atoms with Crippen LogP contribution < -0.4 is 0 Å². The van der Waals surface area contributed by atoms with Crippen LogP contribution in [-0.4, -0.2) is 53.1 Å². The average Bonchev–Trinajstić information content (AvgIpc) is 2.79. The molecule has 0 aliphatic carbocycles. The standard InChI is InChI=1S/C22H28N2O2/c1-2-18-8-10-20(11-9-18)14-23-15-21(25)16-24(22(26)17-23)13-12-19-6-4-3-5-7-19/h3-11,21,25H,2,12-17H2,1H3. The first-order chi connectivity index (χ1) is 12.6. The van der Waals surface area contributed by atoms with Crippen molar-refractivity contribution >= 4 is 5.91 Å². The summed E-state index contributed by atoms with van der Waals surface area (Å²) in [5, 5.41) is 10.4. The van der Waals surface area contributed by atoms with Crippen LogP contribution >= 0.6 is 0 Å². The number of carbonyl (C=O) groups is 1. The molecule has 0 aromatic heterocycles. The highest BCUT2D eigenvalue weighted by Crippen LogP contribution is 2.13. The molecule has 1 amide bonds. The van der Waals surface area contributed by atoms with Crippen molar-refractivity contribution in [3.63, 3.8) is 0 Å². The number of benzene rings is 2. The topological polar surface area (TPSA) is 43.8 Å². The Morgan fingerprint density at radius 3 is 2.35 bits per heavy atom. The average molecular weight is 352 g/mol. The Balaban J connectivity index is 1.58. The van der Waals surface area contributed by atoms with Gasteiger partial charge >= 0.3 is 0 Å². The van der Waals surface area contributed by atoms with Crippen LogP contribution in [0.25, 0.3) is 0 Å². The molecule has 0 saturated carbocycles. The molecule has 0 spiro atoms. The summed E-state index contributed by atoms with van der Waals surface area (Å²) < 4.78 is 0. The molecule has 1 heterocycles. The van der Waals surface area contributed by atoms with Gasteiger partial charge in [0.25, 0.3) is 0 Å². The van der Waals surface area contributed by atoms with Gasteiger partial charge in [-0.25, -0.2) is 0 Å². The largest absolute Gasteiger partial charge is 0.390 e. The maximum atomic E-state index is 12.7. The van der Waals surface area contributed by atoms with E-state index in [1.54, 1.807) is 4.90 Å². The van der Waals surface area contributed by atoms with Crippen molar-refractivity contribution in [2.45, 2.75) is 32.4 Å². The van der Waals surface area contributed by atoms with Crippen LogP contribution in [0.5, 0.6) is 0 Å². The van der Waals surface area contributed by atoms with Crippen LogP contribution in [0.2, 0.25) is 0 Å². The number of rotatable bonds is 6. The van der Waals surface area contributed by atoms with Crippen molar-refractivity contribution in [3.05, 3.63) is 71.3 Å². The number of aryl methyl sites for hydroxylation is 1. The number of aliphatic hydroxyl groups excluding tert-OH is 1. The normalized spacial score (nSPS) is 18.8. The maximum absolute atomic E-state index is 12.7. The Kier molecular flexibility index (Phi) is 6.42. The van der Waals surface area contributed by atoms with Crippen molar-refractivity contribution < 1.29 is 9.90 Å². The van der Waals surface area contributed by atoms with Gasteiger partial charge in [0.05, 0.1) is 12.6 Å². The summed E-state index contributed by atoms with van der Waals surface area (Å²) in [5.74, 6) is 0.0997. The maximum Gasteiger partial charge on any atom is 0.236 e. The summed E-state index contributed by atoms with van der Waals surface area (Å²) in [6, 6.07) is 18.7. The number of nitrogens with zero attached hydrogens (tertiary/aromatic N) is 2. The number of carbonyl (C=O) groups excluding carboxylic acids is 1. The zero-order valence-corrected chi connectivity index (χ0v) is 15.5. The Morgan fingerprint density at radius 1 is 0.962 bits per heavy atom. The third-order valence-corrected chi connectivity index (χ3v) is 4.96. The summed E-state index contributed by atoms with van der Waals surface area (Å²) >= 11 is 0. The van der Waals surface area contributed by atoms with Crippen molar-refractivity contribution in [1.29, 1.82) is 0 Å². The molecule has 2 aromatic rings. The Bertz CT molecular complexity index is 700. The van der Waals surface area contributed by atoms with E-state index in [4.69, 9.17) is 0 Å². The summed E-state index contributed by atoms with van der Waals surface area (Å²) in [4.78, 5) is 16.5. The number of hydrogen-bond acceptors (Lipinski definition) is 3. The Hall–Kier alpha value is -2.17. The molecule has 26 heavy (non-hydrogen) atoms. The molecular weight excluding hydrogens is 324 g/mol. The van der Waals surface area contributed by atoms with E-state index in [0.29, 0.717) is 32.7 Å². The van der Waals surface area contributed by atoms with E-state index in [2.05, 4.69) is 48.2 Å². The lowest BCUT2D eigenvalue weighted by Gasteiger charge is -2.22. The van der Waals surface area contributed by atoms with Gasteiger partial charge < -0.3 is 10.0 Å². The van der Waals surface area contributed by atoms with Gasteiger partial charge in [-0.05, 0) is 29.5 Å². The molecule has 0 radical (unpaired) electrons. The molecule has 1 N–H and O–H groups in total. The minimum absolute atomic E-state index is 0.0997. The highest BCUT2D eigenvalue weighted by Gasteiger charge is 2.26. The first-order valence-corrected chi connectivity index (χ1v) is 9.44. The molecule has 2 aromatic carbocycles. The van der Waals surface area contributed by atoms with Gasteiger partial charge in [-0.1, -0.05) is 61.5 Å². The SMILES string of the molecule is CCc1ccc(CN2CC(=O)N(CCc3ccccc3)CC(O)C2)cc1. The Labute approximate surface area is 156 Å². The molecule has 1 aliphatic rings. The van der Waals surface area contributed by atoms with E-state index >= 15 is 0 Å². The first-order valence-electron chi connectivity index (χ1n) is 9.44. The van der Waals surface area contributed by atoms with Gasteiger partial charge in [0, 0.05) is 26.2 Å². The van der Waals surface area contributed by atoms with Crippen molar-refractivity contribution in [1.82, 2.24) is 9.80 Å². The highest BCUT2D eigenvalue weighted by atomic mass is 16.3. The zero-order chi connectivity index (χ0) is 18.4. The van der Waals surface area contributed by atoms with Crippen LogP contribution in [0.1, 0.15) is 23.6 Å². The molecule has 4 nitrogen and oxygen atoms in total. The van der Waals surface area contributed by atoms with E-state index in [1.165, 1.54) is 16.7 Å². The summed E-state index contributed by atoms with van der Waals surface area (Å²) in [6.07, 6.45) is 1.34. The fourth-order valence-electron chi connectivity index (χ4n) is 3.45. The van der Waals surface area contributed by atoms with Gasteiger partial charge in [0.15, 0.2) is 0 Å². The fourth-order valence-corrected chi connectivity index (χ4v) is 3.45. The van der Waals surface area contributed by atoms with E-state index in [0.717, 1.165) is 12.8 Å². The number of aliphatic hydroxyl groups is 1. The Morgan fingerprint density at radius 2 is 1.65 bits per heavy atom. The van der Waals surface area contributed by atoms with Crippen LogP contribution in [0.3, 0.4) is 0 Å². The van der Waals surface area contributed by atoms with Crippen LogP contribution in [0.15, 0.2) is 54.6 Å². The molecule has 1 saturated heterocycles. The second-order valence-electron chi connectivity index (χ2n) is 7.07. The van der Waals surface area contributed by atoms with Gasteiger partial charge in [-0.2, -0.15) is 0 Å². The monoisotopic (exact) mass is 352 g/mol. The second kappa shape index (κ2) is 8.97. The quantitative estimate of drug-likeness (QED) is 0.869. The molecule has 1 unspecified atom stereocenters. The zero-order valence-electron chi connectivity index (χ0n) is 15.5. The summed E-state index contributed by atoms with van der Waals surface area (Å²) in [5.41, 5.74) is 3.71. The molecule has 1 aliphatic heterocycles. The third kappa shape index (κ3) is 5.16. The molecule has 1 fully saturated rings. The predicted octanol–water partition coefficient (Wildman–Crippen LogP) is 2.50. The number of β-amino-alcohol motifs (C(OH)–C–C–N with tert-alkyl or cyclic N) is 1. The fraction of sp³-hybridized carbons (Fsp3) is 0.409. The van der Waals surface area contributed by atoms with Gasteiger partial charge in [0.2, 0.25) is 5.91 Å². The van der Waals surface area contributed by atoms with E-state index < -0.39 is 6.10 Å². The molecular formula is C22H28N2O2. The van der Waals surface area contributed by atoms with E-state index in [1.807, 2.05) is 18.2 Å². The van der Waals surface area contributed by atoms with E-state index in [9.17, 15) is 9.90 Å². The third-order valence-electron chi connectivity index (χ3n) is 4.96. The van der Waals surface area contributed by atoms with Crippen LogP contribution in [-0.2, 0) is 24.2 Å². The van der Waals surface area contributed by atoms with Crippen molar-refractivity contribution in [2.24, 2.45) is 0 Å².